The molecule has 11 unspecified atom stereocenters. The molecule has 8 N–H and O–H groups in total. The molecule has 3 heterocycles. The zero-order valence-electron chi connectivity index (χ0n) is 23.1. The number of aromatic hydroxyl groups is 2. The highest BCUT2D eigenvalue weighted by molar-refractivity contribution is 6.03. The van der Waals surface area contributed by atoms with E-state index in [2.05, 4.69) is 0 Å². The van der Waals surface area contributed by atoms with E-state index in [4.69, 9.17) is 28.4 Å². The molecule has 0 spiro atoms. The van der Waals surface area contributed by atoms with Gasteiger partial charge in [0.1, 0.15) is 60.1 Å². The van der Waals surface area contributed by atoms with Gasteiger partial charge in [0.15, 0.2) is 35.1 Å². The molecule has 0 amide bonds. The Morgan fingerprint density at radius 2 is 1.51 bits per heavy atom. The maximum absolute atomic E-state index is 13.1. The van der Waals surface area contributed by atoms with Crippen molar-refractivity contribution in [1.82, 2.24) is 0 Å². The minimum absolute atomic E-state index is 0.0424. The lowest BCUT2D eigenvalue weighted by molar-refractivity contribution is -0.318. The Bertz CT molecular complexity index is 1320. The number of fused-ring (bicyclic) bond motifs is 1. The summed E-state index contributed by atoms with van der Waals surface area (Å²) in [5.74, 6) is -1.24. The summed E-state index contributed by atoms with van der Waals surface area (Å²) in [6.07, 6.45) is -16.0. The van der Waals surface area contributed by atoms with E-state index in [-0.39, 0.29) is 35.0 Å². The number of benzene rings is 2. The molecule has 0 aliphatic carbocycles. The predicted molar refractivity (Wildman–Crippen MR) is 141 cm³/mol. The summed E-state index contributed by atoms with van der Waals surface area (Å²) in [6.45, 7) is 0.948. The third-order valence-electron chi connectivity index (χ3n) is 7.74. The lowest BCUT2D eigenvalue weighted by Crippen LogP contribution is -2.61. The van der Waals surface area contributed by atoms with Gasteiger partial charge in [-0.3, -0.25) is 4.79 Å². The van der Waals surface area contributed by atoms with Gasteiger partial charge in [-0.25, -0.2) is 0 Å². The van der Waals surface area contributed by atoms with Crippen molar-refractivity contribution in [2.75, 3.05) is 13.7 Å². The minimum Gasteiger partial charge on any atom is -0.504 e. The first-order valence-electron chi connectivity index (χ1n) is 13.5. The van der Waals surface area contributed by atoms with Crippen molar-refractivity contribution in [3.63, 3.8) is 0 Å². The molecular weight excluding hydrogens is 576 g/mol. The second-order valence-corrected chi connectivity index (χ2v) is 10.6. The van der Waals surface area contributed by atoms with Gasteiger partial charge in [-0.1, -0.05) is 6.07 Å². The molecule has 3 aliphatic rings. The number of carbonyl (C=O) groups is 1. The number of Topliss-reactive ketones (excluding diaryl/α,β-unsaturated/α-hetero) is 1. The summed E-state index contributed by atoms with van der Waals surface area (Å²) in [5.41, 5.74) is 0.318. The quantitative estimate of drug-likeness (QED) is 0.185. The number of phenolic OH excluding ortho intramolecular Hbond substituents is 2. The molecule has 2 fully saturated rings. The number of hydrogen-bond donors (Lipinski definition) is 8. The maximum Gasteiger partial charge on any atom is 0.229 e. The second-order valence-electron chi connectivity index (χ2n) is 10.6. The lowest BCUT2D eigenvalue weighted by Gasteiger charge is -2.42. The first-order valence-corrected chi connectivity index (χ1v) is 13.5. The Hall–Kier alpha value is -3.25. The van der Waals surface area contributed by atoms with Gasteiger partial charge in [0, 0.05) is 0 Å². The van der Waals surface area contributed by atoms with Crippen LogP contribution in [0.4, 0.5) is 0 Å². The normalized spacial score (nSPS) is 36.0. The Morgan fingerprint density at radius 3 is 2.21 bits per heavy atom. The van der Waals surface area contributed by atoms with Crippen LogP contribution in [0.3, 0.4) is 0 Å². The number of methoxy groups -OCH3 is 1. The monoisotopic (exact) mass is 610 g/mol. The van der Waals surface area contributed by atoms with Crippen molar-refractivity contribution >= 4 is 5.78 Å². The number of rotatable bonds is 7. The van der Waals surface area contributed by atoms with Crippen molar-refractivity contribution in [1.29, 1.82) is 0 Å². The molecule has 43 heavy (non-hydrogen) atoms. The first-order chi connectivity index (χ1) is 20.4. The number of aliphatic hydroxyl groups excluding tert-OH is 6. The molecule has 2 aromatic rings. The third-order valence-corrected chi connectivity index (χ3v) is 7.74. The van der Waals surface area contributed by atoms with Crippen LogP contribution in [-0.4, -0.2) is 122 Å². The minimum atomic E-state index is -1.80. The van der Waals surface area contributed by atoms with Crippen molar-refractivity contribution in [3.05, 3.63) is 41.5 Å². The Labute approximate surface area is 245 Å². The van der Waals surface area contributed by atoms with Crippen molar-refractivity contribution in [3.8, 4) is 28.7 Å². The molecule has 0 aromatic heterocycles. The smallest absolute Gasteiger partial charge is 0.229 e. The van der Waals surface area contributed by atoms with Gasteiger partial charge in [0.2, 0.25) is 6.29 Å². The summed E-state index contributed by atoms with van der Waals surface area (Å²) in [6, 6.07) is 7.19. The molecule has 5 rings (SSSR count). The van der Waals surface area contributed by atoms with Crippen LogP contribution in [0.2, 0.25) is 0 Å². The van der Waals surface area contributed by atoms with Gasteiger partial charge >= 0.3 is 0 Å². The van der Waals surface area contributed by atoms with Crippen LogP contribution < -0.4 is 14.2 Å². The molecule has 0 saturated carbocycles. The van der Waals surface area contributed by atoms with Crippen molar-refractivity contribution in [2.24, 2.45) is 0 Å². The molecule has 3 aliphatic heterocycles. The van der Waals surface area contributed by atoms with Crippen LogP contribution in [0, 0.1) is 0 Å². The SMILES string of the molecule is COc1ccc(C2CC(=O)c3c(ccc(OC4OC(COC5OC(C)C(O)C(O)C5O)C(O)C(O)C4O)c3O)O2)cc1O. The fourth-order valence-electron chi connectivity index (χ4n) is 5.19. The van der Waals surface area contributed by atoms with Crippen LogP contribution in [-0.2, 0) is 14.2 Å². The van der Waals surface area contributed by atoms with Crippen LogP contribution in [0.25, 0.3) is 0 Å². The van der Waals surface area contributed by atoms with Crippen LogP contribution >= 0.6 is 0 Å². The molecule has 2 aromatic carbocycles. The van der Waals surface area contributed by atoms with E-state index in [1.165, 1.54) is 38.3 Å². The zero-order valence-corrected chi connectivity index (χ0v) is 23.1. The largest absolute Gasteiger partial charge is 0.504 e. The molecule has 236 valence electrons. The third kappa shape index (κ3) is 5.95. The second kappa shape index (κ2) is 12.4. The molecule has 15 heteroatoms. The summed E-state index contributed by atoms with van der Waals surface area (Å²) < 4.78 is 33.0. The van der Waals surface area contributed by atoms with E-state index in [9.17, 15) is 45.6 Å². The lowest BCUT2D eigenvalue weighted by atomic mass is 9.95. The first kappa shape index (κ1) is 31.2. The van der Waals surface area contributed by atoms with Gasteiger partial charge in [-0.15, -0.1) is 0 Å². The number of phenols is 2. The average Bonchev–Trinajstić information content (AvgIpc) is 2.98. The van der Waals surface area contributed by atoms with Crippen LogP contribution in [0.15, 0.2) is 30.3 Å². The summed E-state index contributed by atoms with van der Waals surface area (Å²) in [7, 11) is 1.40. The van der Waals surface area contributed by atoms with Crippen molar-refractivity contribution < 1.29 is 74.1 Å². The van der Waals surface area contributed by atoms with E-state index in [1.807, 2.05) is 0 Å². The number of ether oxygens (including phenoxy) is 6. The summed E-state index contributed by atoms with van der Waals surface area (Å²) >= 11 is 0. The van der Waals surface area contributed by atoms with Gasteiger partial charge in [0.05, 0.1) is 26.2 Å². The number of aliphatic hydroxyl groups is 6. The van der Waals surface area contributed by atoms with Gasteiger partial charge in [0.25, 0.3) is 0 Å². The van der Waals surface area contributed by atoms with Crippen LogP contribution in [0.5, 0.6) is 28.7 Å². The topological polar surface area (TPSA) is 234 Å². The number of ketones is 1. The number of carbonyl (C=O) groups excluding carboxylic acids is 1. The molecule has 0 radical (unpaired) electrons. The fourth-order valence-corrected chi connectivity index (χ4v) is 5.19. The molecular formula is C28H34O15. The molecule has 2 saturated heterocycles. The predicted octanol–water partition coefficient (Wildman–Crippen LogP) is -1.16. The highest BCUT2D eigenvalue weighted by Crippen LogP contribution is 2.45. The van der Waals surface area contributed by atoms with E-state index in [1.54, 1.807) is 6.07 Å². The molecule has 15 nitrogen and oxygen atoms in total. The molecule has 0 bridgehead atoms. The van der Waals surface area contributed by atoms with Crippen LogP contribution in [0.1, 0.15) is 35.4 Å². The van der Waals surface area contributed by atoms with Gasteiger partial charge in [-0.2, -0.15) is 0 Å². The van der Waals surface area contributed by atoms with Crippen molar-refractivity contribution in [2.45, 2.75) is 80.9 Å². The maximum atomic E-state index is 13.1. The Kier molecular flexibility index (Phi) is 8.99. The molecule has 11 atom stereocenters. The summed E-state index contributed by atoms with van der Waals surface area (Å²) in [5, 5.41) is 82.4. The highest BCUT2D eigenvalue weighted by Gasteiger charge is 2.47. The van der Waals surface area contributed by atoms with E-state index < -0.39 is 85.7 Å². The number of hydrogen-bond acceptors (Lipinski definition) is 15. The fraction of sp³-hybridized carbons (Fsp3) is 0.536. The van der Waals surface area contributed by atoms with Gasteiger partial charge in [-0.05, 0) is 36.8 Å². The van der Waals surface area contributed by atoms with E-state index in [0.717, 1.165) is 0 Å². The zero-order chi connectivity index (χ0) is 31.2. The Morgan fingerprint density at radius 1 is 0.837 bits per heavy atom. The standard InChI is InChI=1S/C28H34O15/c1-10-20(31)23(34)25(36)27(40-10)39-9-18-22(33)24(35)26(37)28(43-18)42-16-6-5-15-19(21(16)32)13(30)8-17(41-15)11-3-4-14(38-2)12(29)7-11/h3-7,10,17-18,20,22-29,31-37H,8-9H2,1-2H3. The Balaban J connectivity index is 1.29. The highest BCUT2D eigenvalue weighted by atomic mass is 16.7. The average molecular weight is 611 g/mol. The van der Waals surface area contributed by atoms with E-state index >= 15 is 0 Å². The van der Waals surface area contributed by atoms with E-state index in [0.29, 0.717) is 5.56 Å². The van der Waals surface area contributed by atoms with Gasteiger partial charge < -0.3 is 69.3 Å². The summed E-state index contributed by atoms with van der Waals surface area (Å²) in [4.78, 5) is 13.1.